The van der Waals surface area contributed by atoms with Crippen LogP contribution >= 0.6 is 11.8 Å². The first-order valence-electron chi connectivity index (χ1n) is 4.26. The van der Waals surface area contributed by atoms with Crippen LogP contribution in [0.2, 0.25) is 0 Å². The van der Waals surface area contributed by atoms with Gasteiger partial charge in [-0.1, -0.05) is 0 Å². The minimum Gasteiger partial charge on any atom is -0.319 e. The van der Waals surface area contributed by atoms with Crippen molar-refractivity contribution in [2.45, 2.75) is 4.90 Å². The Morgan fingerprint density at radius 3 is 2.57 bits per heavy atom. The second-order valence-electron chi connectivity index (χ2n) is 2.70. The van der Waals surface area contributed by atoms with Crippen LogP contribution in [0.5, 0.6) is 0 Å². The van der Waals surface area contributed by atoms with E-state index in [0.717, 1.165) is 17.2 Å². The first-order valence-corrected chi connectivity index (χ1v) is 5.24. The number of non-ortho nitro benzene ring substituents is 1. The van der Waals surface area contributed by atoms with Crippen LogP contribution in [0.3, 0.4) is 0 Å². The fourth-order valence-electron chi connectivity index (χ4n) is 0.935. The lowest BCUT2D eigenvalue weighted by Gasteiger charge is -2.00. The molecule has 76 valence electrons. The number of rotatable bonds is 5. The van der Waals surface area contributed by atoms with Crippen molar-refractivity contribution in [2.24, 2.45) is 0 Å². The van der Waals surface area contributed by atoms with E-state index in [0.29, 0.717) is 0 Å². The SMILES string of the molecule is CNCCSc1ccc([N+](=O)[O-])cc1. The quantitative estimate of drug-likeness (QED) is 0.350. The van der Waals surface area contributed by atoms with E-state index in [-0.39, 0.29) is 10.6 Å². The Hall–Kier alpha value is -1.07. The lowest BCUT2D eigenvalue weighted by Crippen LogP contribution is -2.09. The highest BCUT2D eigenvalue weighted by Crippen LogP contribution is 2.20. The van der Waals surface area contributed by atoms with E-state index in [4.69, 9.17) is 0 Å². The summed E-state index contributed by atoms with van der Waals surface area (Å²) in [4.78, 5) is 11.0. The van der Waals surface area contributed by atoms with Crippen molar-refractivity contribution in [3.63, 3.8) is 0 Å². The summed E-state index contributed by atoms with van der Waals surface area (Å²) in [6.07, 6.45) is 0. The van der Waals surface area contributed by atoms with E-state index in [1.807, 2.05) is 7.05 Å². The fourth-order valence-corrected chi connectivity index (χ4v) is 1.81. The van der Waals surface area contributed by atoms with Gasteiger partial charge in [0, 0.05) is 29.3 Å². The van der Waals surface area contributed by atoms with Crippen LogP contribution in [0.1, 0.15) is 0 Å². The van der Waals surface area contributed by atoms with Gasteiger partial charge in [-0.2, -0.15) is 0 Å². The van der Waals surface area contributed by atoms with E-state index in [2.05, 4.69) is 5.32 Å². The number of hydrogen-bond donors (Lipinski definition) is 1. The van der Waals surface area contributed by atoms with E-state index in [9.17, 15) is 10.1 Å². The van der Waals surface area contributed by atoms with Crippen LogP contribution in [0, 0.1) is 10.1 Å². The van der Waals surface area contributed by atoms with Gasteiger partial charge in [0.05, 0.1) is 4.92 Å². The lowest BCUT2D eigenvalue weighted by atomic mass is 10.3. The molecule has 0 heterocycles. The Balaban J connectivity index is 2.51. The van der Waals surface area contributed by atoms with Gasteiger partial charge in [-0.15, -0.1) is 11.8 Å². The van der Waals surface area contributed by atoms with E-state index < -0.39 is 0 Å². The maximum Gasteiger partial charge on any atom is 0.269 e. The molecule has 14 heavy (non-hydrogen) atoms. The van der Waals surface area contributed by atoms with Crippen molar-refractivity contribution in [1.82, 2.24) is 5.32 Å². The summed E-state index contributed by atoms with van der Waals surface area (Å²) in [5, 5.41) is 13.4. The van der Waals surface area contributed by atoms with Gasteiger partial charge in [-0.3, -0.25) is 10.1 Å². The van der Waals surface area contributed by atoms with Gasteiger partial charge in [0.25, 0.3) is 5.69 Å². The third-order valence-corrected chi connectivity index (χ3v) is 2.68. The molecule has 5 heteroatoms. The topological polar surface area (TPSA) is 55.2 Å². The van der Waals surface area contributed by atoms with Crippen molar-refractivity contribution < 1.29 is 4.92 Å². The maximum absolute atomic E-state index is 10.4. The number of benzene rings is 1. The number of nitrogens with zero attached hydrogens (tertiary/aromatic N) is 1. The highest BCUT2D eigenvalue weighted by atomic mass is 32.2. The van der Waals surface area contributed by atoms with Crippen molar-refractivity contribution in [1.29, 1.82) is 0 Å². The molecule has 0 spiro atoms. The van der Waals surface area contributed by atoms with Gasteiger partial charge in [-0.05, 0) is 19.2 Å². The Labute approximate surface area is 86.9 Å². The van der Waals surface area contributed by atoms with E-state index in [1.54, 1.807) is 23.9 Å². The second-order valence-corrected chi connectivity index (χ2v) is 3.87. The predicted octanol–water partition coefficient (Wildman–Crippen LogP) is 1.91. The Morgan fingerprint density at radius 1 is 1.43 bits per heavy atom. The summed E-state index contributed by atoms with van der Waals surface area (Å²) < 4.78 is 0. The number of hydrogen-bond acceptors (Lipinski definition) is 4. The molecule has 0 atom stereocenters. The maximum atomic E-state index is 10.4. The predicted molar refractivity (Wildman–Crippen MR) is 57.7 cm³/mol. The van der Waals surface area contributed by atoms with E-state index >= 15 is 0 Å². The highest BCUT2D eigenvalue weighted by Gasteiger charge is 2.03. The normalized spacial score (nSPS) is 10.1. The second kappa shape index (κ2) is 5.62. The van der Waals surface area contributed by atoms with Crippen LogP contribution in [0.25, 0.3) is 0 Å². The van der Waals surface area contributed by atoms with Gasteiger partial charge in [-0.25, -0.2) is 0 Å². The molecular formula is C9H12N2O2S. The van der Waals surface area contributed by atoms with Gasteiger partial charge >= 0.3 is 0 Å². The molecule has 0 saturated carbocycles. The van der Waals surface area contributed by atoms with Crippen molar-refractivity contribution in [3.8, 4) is 0 Å². The van der Waals surface area contributed by atoms with E-state index in [1.165, 1.54) is 12.1 Å². The summed E-state index contributed by atoms with van der Waals surface area (Å²) in [5.74, 6) is 0.967. The molecule has 0 fully saturated rings. The third kappa shape index (κ3) is 3.35. The molecule has 0 amide bonds. The molecule has 0 aliphatic carbocycles. The zero-order chi connectivity index (χ0) is 10.4. The fraction of sp³-hybridized carbons (Fsp3) is 0.333. The Bertz CT molecular complexity index is 300. The van der Waals surface area contributed by atoms with Crippen molar-refractivity contribution in [2.75, 3.05) is 19.3 Å². The molecule has 0 aromatic heterocycles. The Kier molecular flexibility index (Phi) is 4.42. The number of thioether (sulfide) groups is 1. The molecule has 0 saturated heterocycles. The van der Waals surface area contributed by atoms with Crippen LogP contribution in [-0.4, -0.2) is 24.3 Å². The molecule has 0 aliphatic heterocycles. The molecular weight excluding hydrogens is 200 g/mol. The minimum absolute atomic E-state index is 0.142. The third-order valence-electron chi connectivity index (χ3n) is 1.67. The minimum atomic E-state index is -0.387. The molecule has 0 bridgehead atoms. The molecule has 1 aromatic carbocycles. The zero-order valence-corrected chi connectivity index (χ0v) is 8.71. The molecule has 4 nitrogen and oxygen atoms in total. The summed E-state index contributed by atoms with van der Waals surface area (Å²) >= 11 is 1.68. The van der Waals surface area contributed by atoms with Crippen LogP contribution in [0.15, 0.2) is 29.2 Å². The average molecular weight is 212 g/mol. The summed E-state index contributed by atoms with van der Waals surface area (Å²) in [6.45, 7) is 0.932. The van der Waals surface area contributed by atoms with Gasteiger partial charge in [0.1, 0.15) is 0 Å². The smallest absolute Gasteiger partial charge is 0.269 e. The van der Waals surface area contributed by atoms with Crippen LogP contribution in [-0.2, 0) is 0 Å². The Morgan fingerprint density at radius 2 is 2.07 bits per heavy atom. The molecule has 1 N–H and O–H groups in total. The molecule has 0 aliphatic rings. The van der Waals surface area contributed by atoms with Gasteiger partial charge < -0.3 is 5.32 Å². The van der Waals surface area contributed by atoms with Crippen LogP contribution < -0.4 is 5.32 Å². The number of nitro groups is 1. The first-order chi connectivity index (χ1) is 6.74. The van der Waals surface area contributed by atoms with Crippen molar-refractivity contribution in [3.05, 3.63) is 34.4 Å². The van der Waals surface area contributed by atoms with Gasteiger partial charge in [0.2, 0.25) is 0 Å². The number of nitro benzene ring substituents is 1. The summed E-state index contributed by atoms with van der Waals surface area (Å²) in [5.41, 5.74) is 0.142. The standard InChI is InChI=1S/C9H12N2O2S/c1-10-6-7-14-9-4-2-8(3-5-9)11(12)13/h2-5,10H,6-7H2,1H3. The molecule has 1 aromatic rings. The summed E-state index contributed by atoms with van der Waals surface area (Å²) in [6, 6.07) is 6.61. The average Bonchev–Trinajstić information content (AvgIpc) is 2.19. The largest absolute Gasteiger partial charge is 0.319 e. The molecule has 0 unspecified atom stereocenters. The van der Waals surface area contributed by atoms with Gasteiger partial charge in [0.15, 0.2) is 0 Å². The molecule has 0 radical (unpaired) electrons. The monoisotopic (exact) mass is 212 g/mol. The van der Waals surface area contributed by atoms with Crippen LogP contribution in [0.4, 0.5) is 5.69 Å². The lowest BCUT2D eigenvalue weighted by molar-refractivity contribution is -0.384. The number of nitrogens with one attached hydrogen (secondary N) is 1. The highest BCUT2D eigenvalue weighted by molar-refractivity contribution is 7.99. The summed E-state index contributed by atoms with van der Waals surface area (Å²) in [7, 11) is 1.90. The first kappa shape index (κ1) is 11.0. The van der Waals surface area contributed by atoms with Crippen molar-refractivity contribution >= 4 is 17.4 Å². The zero-order valence-electron chi connectivity index (χ0n) is 7.90. The molecule has 1 rings (SSSR count).